The first-order valence-corrected chi connectivity index (χ1v) is 6.09. The van der Waals surface area contributed by atoms with E-state index in [1.165, 1.54) is 0 Å². The largest absolute Gasteiger partial charge is 0.383 e. The van der Waals surface area contributed by atoms with Gasteiger partial charge in [-0.25, -0.2) is 0 Å². The maximum Gasteiger partial charge on any atom is 0.166 e. The summed E-state index contributed by atoms with van der Waals surface area (Å²) in [6.45, 7) is 3.25. The van der Waals surface area contributed by atoms with Crippen molar-refractivity contribution in [3.63, 3.8) is 0 Å². The molecule has 0 spiro atoms. The molecule has 0 amide bonds. The fourth-order valence-electron chi connectivity index (χ4n) is 1.45. The number of thiocarbonyl (C=S) groups is 1. The van der Waals surface area contributed by atoms with Crippen molar-refractivity contribution in [3.05, 3.63) is 35.4 Å². The normalized spacial score (nSPS) is 11.4. The van der Waals surface area contributed by atoms with Crippen LogP contribution in [0.15, 0.2) is 24.3 Å². The number of ether oxygens (including phenoxy) is 1. The maximum absolute atomic E-state index is 8.69. The molecule has 0 heterocycles. The smallest absolute Gasteiger partial charge is 0.166 e. The van der Waals surface area contributed by atoms with Gasteiger partial charge >= 0.3 is 0 Å². The Labute approximate surface area is 113 Å². The van der Waals surface area contributed by atoms with Crippen LogP contribution in [0.5, 0.6) is 0 Å². The standard InChI is InChI=1S/C13H17N3OS/c1-10(9-17-2)16-13(18)15-8-12-5-3-11(7-14)4-6-12/h3-6,10H,8-9H2,1-2H3,(H2,15,16,18). The average Bonchev–Trinajstić information content (AvgIpc) is 2.37. The number of benzene rings is 1. The van der Waals surface area contributed by atoms with E-state index in [-0.39, 0.29) is 6.04 Å². The summed E-state index contributed by atoms with van der Waals surface area (Å²) in [7, 11) is 1.66. The zero-order chi connectivity index (χ0) is 13.4. The van der Waals surface area contributed by atoms with Gasteiger partial charge in [-0.3, -0.25) is 0 Å². The summed E-state index contributed by atoms with van der Waals surface area (Å²) in [5.41, 5.74) is 1.74. The van der Waals surface area contributed by atoms with Crippen molar-refractivity contribution in [1.29, 1.82) is 5.26 Å². The second-order valence-electron chi connectivity index (χ2n) is 3.99. The molecule has 0 aromatic heterocycles. The molecule has 4 nitrogen and oxygen atoms in total. The van der Waals surface area contributed by atoms with Crippen molar-refractivity contribution in [3.8, 4) is 6.07 Å². The minimum absolute atomic E-state index is 0.177. The summed E-state index contributed by atoms with van der Waals surface area (Å²) in [4.78, 5) is 0. The third-order valence-electron chi connectivity index (χ3n) is 2.33. The fraction of sp³-hybridized carbons (Fsp3) is 0.385. The van der Waals surface area contributed by atoms with E-state index in [2.05, 4.69) is 16.7 Å². The zero-order valence-electron chi connectivity index (χ0n) is 10.6. The van der Waals surface area contributed by atoms with Crippen LogP contribution in [0.1, 0.15) is 18.1 Å². The first-order valence-electron chi connectivity index (χ1n) is 5.68. The van der Waals surface area contributed by atoms with E-state index >= 15 is 0 Å². The van der Waals surface area contributed by atoms with Gasteiger partial charge in [-0.1, -0.05) is 12.1 Å². The quantitative estimate of drug-likeness (QED) is 0.790. The predicted octanol–water partition coefficient (Wildman–Crippen LogP) is 1.56. The van der Waals surface area contributed by atoms with Crippen molar-refractivity contribution in [1.82, 2.24) is 10.6 Å². The molecule has 0 saturated heterocycles. The molecule has 1 rings (SSSR count). The molecule has 1 atom stereocenters. The monoisotopic (exact) mass is 263 g/mol. The van der Waals surface area contributed by atoms with Crippen molar-refractivity contribution in [2.75, 3.05) is 13.7 Å². The van der Waals surface area contributed by atoms with Gasteiger partial charge in [0.15, 0.2) is 5.11 Å². The Bertz CT molecular complexity index is 425. The van der Waals surface area contributed by atoms with E-state index in [0.717, 1.165) is 5.56 Å². The van der Waals surface area contributed by atoms with Gasteiger partial charge in [0.05, 0.1) is 18.2 Å². The Kier molecular flexibility index (Phi) is 6.12. The van der Waals surface area contributed by atoms with Crippen molar-refractivity contribution in [2.45, 2.75) is 19.5 Å². The van der Waals surface area contributed by atoms with Gasteiger partial charge in [-0.05, 0) is 36.8 Å². The predicted molar refractivity (Wildman–Crippen MR) is 75.1 cm³/mol. The highest BCUT2D eigenvalue weighted by Gasteiger charge is 2.03. The van der Waals surface area contributed by atoms with Crippen molar-refractivity contribution >= 4 is 17.3 Å². The van der Waals surface area contributed by atoms with Crippen LogP contribution in [0.3, 0.4) is 0 Å². The van der Waals surface area contributed by atoms with Gasteiger partial charge in [-0.15, -0.1) is 0 Å². The number of nitriles is 1. The topological polar surface area (TPSA) is 57.1 Å². The number of nitrogens with one attached hydrogen (secondary N) is 2. The van der Waals surface area contributed by atoms with Crippen LogP contribution in [0.2, 0.25) is 0 Å². The third-order valence-corrected chi connectivity index (χ3v) is 2.59. The molecule has 0 radical (unpaired) electrons. The number of methoxy groups -OCH3 is 1. The van der Waals surface area contributed by atoms with Gasteiger partial charge in [0.2, 0.25) is 0 Å². The molecule has 5 heteroatoms. The van der Waals surface area contributed by atoms with Crippen LogP contribution in [-0.2, 0) is 11.3 Å². The number of rotatable bonds is 5. The summed E-state index contributed by atoms with van der Waals surface area (Å²) >= 11 is 5.16. The molecule has 0 bridgehead atoms. The van der Waals surface area contributed by atoms with Gasteiger partial charge < -0.3 is 15.4 Å². The van der Waals surface area contributed by atoms with E-state index in [1.807, 2.05) is 19.1 Å². The Hall–Kier alpha value is -1.64. The van der Waals surface area contributed by atoms with Gasteiger partial charge in [0.25, 0.3) is 0 Å². The van der Waals surface area contributed by atoms with Crippen LogP contribution in [0.25, 0.3) is 0 Å². The summed E-state index contributed by atoms with van der Waals surface area (Å²) in [6, 6.07) is 9.67. The molecule has 0 saturated carbocycles. The Morgan fingerprint density at radius 3 is 2.67 bits per heavy atom. The summed E-state index contributed by atoms with van der Waals surface area (Å²) in [5, 5.41) is 15.5. The van der Waals surface area contributed by atoms with Crippen molar-refractivity contribution < 1.29 is 4.74 Å². The molecule has 0 aliphatic carbocycles. The van der Waals surface area contributed by atoms with E-state index < -0.39 is 0 Å². The van der Waals surface area contributed by atoms with E-state index in [1.54, 1.807) is 19.2 Å². The lowest BCUT2D eigenvalue weighted by molar-refractivity contribution is 0.179. The minimum Gasteiger partial charge on any atom is -0.383 e. The third kappa shape index (κ3) is 5.13. The van der Waals surface area contributed by atoms with Crippen LogP contribution >= 0.6 is 12.2 Å². The van der Waals surface area contributed by atoms with Gasteiger partial charge in [0, 0.05) is 19.7 Å². The highest BCUT2D eigenvalue weighted by Crippen LogP contribution is 2.02. The molecule has 0 aliphatic rings. The molecule has 1 aromatic rings. The molecule has 96 valence electrons. The highest BCUT2D eigenvalue weighted by atomic mass is 32.1. The van der Waals surface area contributed by atoms with Crippen LogP contribution in [-0.4, -0.2) is 24.9 Å². The van der Waals surface area contributed by atoms with Crippen LogP contribution in [0, 0.1) is 11.3 Å². The fourth-order valence-corrected chi connectivity index (χ4v) is 1.72. The molecule has 2 N–H and O–H groups in total. The Morgan fingerprint density at radius 1 is 1.44 bits per heavy atom. The zero-order valence-corrected chi connectivity index (χ0v) is 11.4. The lowest BCUT2D eigenvalue weighted by atomic mass is 10.1. The Morgan fingerprint density at radius 2 is 2.11 bits per heavy atom. The van der Waals surface area contributed by atoms with Crippen LogP contribution < -0.4 is 10.6 Å². The number of hydrogen-bond acceptors (Lipinski definition) is 3. The molecule has 0 aliphatic heterocycles. The first kappa shape index (κ1) is 14.4. The lowest BCUT2D eigenvalue weighted by Crippen LogP contribution is -2.42. The van der Waals surface area contributed by atoms with Crippen molar-refractivity contribution in [2.24, 2.45) is 0 Å². The number of nitrogens with zero attached hydrogens (tertiary/aromatic N) is 1. The Balaban J connectivity index is 2.35. The minimum atomic E-state index is 0.177. The summed E-state index contributed by atoms with van der Waals surface area (Å²) in [6.07, 6.45) is 0. The van der Waals surface area contributed by atoms with Gasteiger partial charge in [0.1, 0.15) is 0 Å². The molecule has 1 aromatic carbocycles. The van der Waals surface area contributed by atoms with E-state index in [0.29, 0.717) is 23.8 Å². The van der Waals surface area contributed by atoms with Crippen LogP contribution in [0.4, 0.5) is 0 Å². The number of hydrogen-bond donors (Lipinski definition) is 2. The second kappa shape index (κ2) is 7.64. The lowest BCUT2D eigenvalue weighted by Gasteiger charge is -2.16. The first-order chi connectivity index (χ1) is 8.65. The molecular weight excluding hydrogens is 246 g/mol. The maximum atomic E-state index is 8.69. The molecule has 18 heavy (non-hydrogen) atoms. The highest BCUT2D eigenvalue weighted by molar-refractivity contribution is 7.80. The SMILES string of the molecule is COCC(C)NC(=S)NCc1ccc(C#N)cc1. The van der Waals surface area contributed by atoms with E-state index in [9.17, 15) is 0 Å². The summed E-state index contributed by atoms with van der Waals surface area (Å²) in [5.74, 6) is 0. The molecular formula is C13H17N3OS. The second-order valence-corrected chi connectivity index (χ2v) is 4.40. The molecule has 1 unspecified atom stereocenters. The van der Waals surface area contributed by atoms with E-state index in [4.69, 9.17) is 22.2 Å². The average molecular weight is 263 g/mol. The summed E-state index contributed by atoms with van der Waals surface area (Å²) < 4.78 is 5.01. The molecule has 0 fully saturated rings. The van der Waals surface area contributed by atoms with Gasteiger partial charge in [-0.2, -0.15) is 5.26 Å².